The van der Waals surface area contributed by atoms with Gasteiger partial charge in [-0.25, -0.2) is 0 Å². The van der Waals surface area contributed by atoms with Gasteiger partial charge >= 0.3 is 0 Å². The lowest BCUT2D eigenvalue weighted by Gasteiger charge is -2.16. The lowest BCUT2D eigenvalue weighted by Crippen LogP contribution is -2.07. The highest BCUT2D eigenvalue weighted by Gasteiger charge is 2.13. The molecule has 2 rings (SSSR count). The van der Waals surface area contributed by atoms with Crippen molar-refractivity contribution in [2.75, 3.05) is 17.7 Å². The summed E-state index contributed by atoms with van der Waals surface area (Å²) in [5, 5.41) is 3.43. The van der Waals surface area contributed by atoms with Gasteiger partial charge in [0.15, 0.2) is 0 Å². The van der Waals surface area contributed by atoms with E-state index in [2.05, 4.69) is 18.3 Å². The van der Waals surface area contributed by atoms with E-state index in [0.717, 1.165) is 28.5 Å². The number of benzene rings is 1. The molecule has 0 bridgehead atoms. The molecule has 108 valence electrons. The predicted octanol–water partition coefficient (Wildman–Crippen LogP) is 4.05. The molecule has 1 aromatic heterocycles. The molecule has 0 saturated heterocycles. The second-order valence-electron chi connectivity index (χ2n) is 4.96. The van der Waals surface area contributed by atoms with Gasteiger partial charge in [-0.15, -0.1) is 0 Å². The molecule has 1 unspecified atom stereocenters. The quantitative estimate of drug-likeness (QED) is 0.807. The highest BCUT2D eigenvalue weighted by Crippen LogP contribution is 2.28. The van der Waals surface area contributed by atoms with Crippen LogP contribution in [0.4, 0.5) is 11.4 Å². The van der Waals surface area contributed by atoms with Crippen LogP contribution < -0.4 is 15.8 Å². The standard InChI is InChI=1S/C16H22N2O2/c1-5-19-15-8-13(17)7-14(9-15)18-11(3)16-6-10(2)20-12(16)4/h6-9,11,18H,5,17H2,1-4H3. The van der Waals surface area contributed by atoms with Gasteiger partial charge in [0.2, 0.25) is 0 Å². The average molecular weight is 274 g/mol. The summed E-state index contributed by atoms with van der Waals surface area (Å²) in [6, 6.07) is 7.89. The van der Waals surface area contributed by atoms with Crippen LogP contribution in [0.3, 0.4) is 0 Å². The Morgan fingerprint density at radius 1 is 1.25 bits per heavy atom. The summed E-state index contributed by atoms with van der Waals surface area (Å²) in [6.07, 6.45) is 0. The number of hydrogen-bond donors (Lipinski definition) is 2. The maximum atomic E-state index is 5.90. The zero-order valence-corrected chi connectivity index (χ0v) is 12.5. The first-order chi connectivity index (χ1) is 9.49. The highest BCUT2D eigenvalue weighted by atomic mass is 16.5. The SMILES string of the molecule is CCOc1cc(N)cc(NC(C)c2cc(C)oc2C)c1. The van der Waals surface area contributed by atoms with Crippen LogP contribution in [0.5, 0.6) is 5.75 Å². The van der Waals surface area contributed by atoms with Crippen molar-refractivity contribution in [3.63, 3.8) is 0 Å². The highest BCUT2D eigenvalue weighted by molar-refractivity contribution is 5.60. The molecule has 2 aromatic rings. The number of hydrogen-bond acceptors (Lipinski definition) is 4. The van der Waals surface area contributed by atoms with Gasteiger partial charge in [-0.05, 0) is 39.8 Å². The normalized spacial score (nSPS) is 12.2. The van der Waals surface area contributed by atoms with Crippen LogP contribution in [0, 0.1) is 13.8 Å². The summed E-state index contributed by atoms with van der Waals surface area (Å²) in [5.74, 6) is 2.65. The van der Waals surface area contributed by atoms with Gasteiger partial charge in [-0.1, -0.05) is 0 Å². The van der Waals surface area contributed by atoms with Crippen molar-refractivity contribution in [2.24, 2.45) is 0 Å². The molecule has 20 heavy (non-hydrogen) atoms. The van der Waals surface area contributed by atoms with Crippen LogP contribution in [-0.4, -0.2) is 6.61 Å². The molecule has 0 saturated carbocycles. The van der Waals surface area contributed by atoms with Crippen LogP contribution in [-0.2, 0) is 0 Å². The summed E-state index contributed by atoms with van der Waals surface area (Å²) >= 11 is 0. The summed E-state index contributed by atoms with van der Waals surface area (Å²) < 4.78 is 11.1. The van der Waals surface area contributed by atoms with Crippen molar-refractivity contribution in [1.29, 1.82) is 0 Å². The van der Waals surface area contributed by atoms with Crippen molar-refractivity contribution in [1.82, 2.24) is 0 Å². The van der Waals surface area contributed by atoms with Crippen LogP contribution in [0.15, 0.2) is 28.7 Å². The van der Waals surface area contributed by atoms with Gasteiger partial charge in [0.05, 0.1) is 12.6 Å². The third-order valence-corrected chi connectivity index (χ3v) is 3.17. The largest absolute Gasteiger partial charge is 0.494 e. The van der Waals surface area contributed by atoms with E-state index in [1.165, 1.54) is 0 Å². The van der Waals surface area contributed by atoms with Crippen molar-refractivity contribution in [3.05, 3.63) is 41.3 Å². The summed E-state index contributed by atoms with van der Waals surface area (Å²) in [7, 11) is 0. The fraction of sp³-hybridized carbons (Fsp3) is 0.375. The maximum Gasteiger partial charge on any atom is 0.123 e. The Morgan fingerprint density at radius 2 is 2.00 bits per heavy atom. The van der Waals surface area contributed by atoms with Crippen LogP contribution in [0.25, 0.3) is 0 Å². The molecule has 0 radical (unpaired) electrons. The Morgan fingerprint density at radius 3 is 2.60 bits per heavy atom. The molecule has 3 N–H and O–H groups in total. The molecule has 0 aliphatic rings. The minimum Gasteiger partial charge on any atom is -0.494 e. The van der Waals surface area contributed by atoms with E-state index in [1.807, 2.05) is 39.0 Å². The van der Waals surface area contributed by atoms with Gasteiger partial charge in [0.25, 0.3) is 0 Å². The Labute approximate surface area is 119 Å². The van der Waals surface area contributed by atoms with Gasteiger partial charge in [-0.3, -0.25) is 0 Å². The molecule has 4 nitrogen and oxygen atoms in total. The first kappa shape index (κ1) is 14.3. The molecule has 1 aromatic carbocycles. The molecule has 0 amide bonds. The smallest absolute Gasteiger partial charge is 0.123 e. The van der Waals surface area contributed by atoms with E-state index in [9.17, 15) is 0 Å². The van der Waals surface area contributed by atoms with E-state index in [4.69, 9.17) is 14.9 Å². The van der Waals surface area contributed by atoms with Crippen LogP contribution >= 0.6 is 0 Å². The minimum atomic E-state index is 0.142. The molecular formula is C16H22N2O2. The summed E-state index contributed by atoms with van der Waals surface area (Å²) in [4.78, 5) is 0. The number of aryl methyl sites for hydroxylation is 2. The summed E-state index contributed by atoms with van der Waals surface area (Å²) in [6.45, 7) is 8.61. The summed E-state index contributed by atoms with van der Waals surface area (Å²) in [5.41, 5.74) is 8.68. The van der Waals surface area contributed by atoms with Crippen molar-refractivity contribution in [3.8, 4) is 5.75 Å². The van der Waals surface area contributed by atoms with E-state index < -0.39 is 0 Å². The van der Waals surface area contributed by atoms with Crippen molar-refractivity contribution in [2.45, 2.75) is 33.7 Å². The minimum absolute atomic E-state index is 0.142. The number of nitrogens with two attached hydrogens (primary N) is 1. The second-order valence-corrected chi connectivity index (χ2v) is 4.96. The topological polar surface area (TPSA) is 60.4 Å². The fourth-order valence-corrected chi connectivity index (χ4v) is 2.36. The molecular weight excluding hydrogens is 252 g/mol. The zero-order valence-electron chi connectivity index (χ0n) is 12.5. The van der Waals surface area contributed by atoms with Gasteiger partial charge < -0.3 is 20.2 Å². The van der Waals surface area contributed by atoms with E-state index in [-0.39, 0.29) is 6.04 Å². The molecule has 0 fully saturated rings. The number of nitrogens with one attached hydrogen (secondary N) is 1. The van der Waals surface area contributed by atoms with E-state index in [1.54, 1.807) is 0 Å². The average Bonchev–Trinajstić information content (AvgIpc) is 2.68. The van der Waals surface area contributed by atoms with Gasteiger partial charge in [0.1, 0.15) is 17.3 Å². The number of furan rings is 1. The molecule has 1 heterocycles. The van der Waals surface area contributed by atoms with E-state index in [0.29, 0.717) is 12.3 Å². The zero-order chi connectivity index (χ0) is 14.7. The first-order valence-corrected chi connectivity index (χ1v) is 6.86. The first-order valence-electron chi connectivity index (χ1n) is 6.86. The number of ether oxygens (including phenoxy) is 1. The van der Waals surface area contributed by atoms with Crippen LogP contribution in [0.2, 0.25) is 0 Å². The lowest BCUT2D eigenvalue weighted by atomic mass is 10.1. The van der Waals surface area contributed by atoms with Crippen molar-refractivity contribution < 1.29 is 9.15 Å². The van der Waals surface area contributed by atoms with E-state index >= 15 is 0 Å². The monoisotopic (exact) mass is 274 g/mol. The maximum absolute atomic E-state index is 5.90. The Hall–Kier alpha value is -2.10. The molecule has 1 atom stereocenters. The van der Waals surface area contributed by atoms with Crippen LogP contribution in [0.1, 0.15) is 37.0 Å². The second kappa shape index (κ2) is 5.90. The number of rotatable bonds is 5. The Bertz CT molecular complexity index is 590. The van der Waals surface area contributed by atoms with Crippen molar-refractivity contribution >= 4 is 11.4 Å². The third-order valence-electron chi connectivity index (χ3n) is 3.17. The number of nitrogen functional groups attached to an aromatic ring is 1. The molecule has 0 spiro atoms. The molecule has 4 heteroatoms. The molecule has 0 aliphatic heterocycles. The lowest BCUT2D eigenvalue weighted by molar-refractivity contribution is 0.340. The Kier molecular flexibility index (Phi) is 4.23. The fourth-order valence-electron chi connectivity index (χ4n) is 2.36. The van der Waals surface area contributed by atoms with Gasteiger partial charge in [-0.2, -0.15) is 0 Å². The number of anilines is 2. The predicted molar refractivity (Wildman–Crippen MR) is 82.2 cm³/mol. The van der Waals surface area contributed by atoms with Gasteiger partial charge in [0, 0.05) is 29.1 Å². The third kappa shape index (κ3) is 3.26. The molecule has 0 aliphatic carbocycles. The Balaban J connectivity index is 2.18.